The van der Waals surface area contributed by atoms with Crippen LogP contribution in [0.5, 0.6) is 0 Å². The van der Waals surface area contributed by atoms with Crippen molar-refractivity contribution in [2.24, 2.45) is 5.92 Å². The molecule has 0 fully saturated rings. The summed E-state index contributed by atoms with van der Waals surface area (Å²) in [4.78, 5) is 72.4. The van der Waals surface area contributed by atoms with Gasteiger partial charge in [0, 0.05) is 25.7 Å². The second kappa shape index (κ2) is 63.0. The zero-order chi connectivity index (χ0) is 65.6. The van der Waals surface area contributed by atoms with Gasteiger partial charge in [-0.25, -0.2) is 9.13 Å². The maximum Gasteiger partial charge on any atom is 0.472 e. The summed E-state index contributed by atoms with van der Waals surface area (Å²) in [6.45, 7) is 7.10. The monoisotopic (exact) mass is 1310 g/mol. The Labute approximate surface area is 542 Å². The van der Waals surface area contributed by atoms with Crippen LogP contribution in [0.4, 0.5) is 0 Å². The van der Waals surface area contributed by atoms with E-state index in [1.807, 2.05) is 0 Å². The fourth-order valence-electron chi connectivity index (χ4n) is 10.1. The van der Waals surface area contributed by atoms with Gasteiger partial charge < -0.3 is 33.8 Å². The van der Waals surface area contributed by atoms with Crippen LogP contribution in [0.2, 0.25) is 0 Å². The zero-order valence-electron chi connectivity index (χ0n) is 57.0. The van der Waals surface area contributed by atoms with E-state index < -0.39 is 97.5 Å². The molecule has 0 heterocycles. The summed E-state index contributed by atoms with van der Waals surface area (Å²) in [6, 6.07) is 0. The Morgan fingerprint density at radius 3 is 0.955 bits per heavy atom. The van der Waals surface area contributed by atoms with E-state index in [0.29, 0.717) is 25.7 Å². The topological polar surface area (TPSA) is 237 Å². The second-order valence-corrected chi connectivity index (χ2v) is 27.7. The minimum Gasteiger partial charge on any atom is -0.462 e. The first-order valence-corrected chi connectivity index (χ1v) is 39.0. The molecule has 0 bridgehead atoms. The number of phosphoric ester groups is 2. The fraction of sp³-hybridized carbons (Fsp3) is 0.886. The molecule has 3 unspecified atom stereocenters. The molecular formula is C70H132O17P2. The highest BCUT2D eigenvalue weighted by Gasteiger charge is 2.30. The molecule has 0 saturated carbocycles. The first-order valence-electron chi connectivity index (χ1n) is 36.0. The van der Waals surface area contributed by atoms with Crippen molar-refractivity contribution in [1.29, 1.82) is 0 Å². The van der Waals surface area contributed by atoms with Crippen molar-refractivity contribution in [3.63, 3.8) is 0 Å². The molecule has 6 atom stereocenters. The molecule has 17 nitrogen and oxygen atoms in total. The molecule has 0 aromatic carbocycles. The quantitative estimate of drug-likeness (QED) is 0.0169. The van der Waals surface area contributed by atoms with Crippen molar-refractivity contribution in [1.82, 2.24) is 0 Å². The van der Waals surface area contributed by atoms with Crippen LogP contribution in [0.3, 0.4) is 0 Å². The van der Waals surface area contributed by atoms with Crippen LogP contribution in [0, 0.1) is 5.92 Å². The lowest BCUT2D eigenvalue weighted by atomic mass is 10.00. The fourth-order valence-corrected chi connectivity index (χ4v) is 11.6. The Balaban J connectivity index is 5.26. The number of ether oxygens (including phenoxy) is 4. The van der Waals surface area contributed by atoms with Gasteiger partial charge in [-0.1, -0.05) is 284 Å². The van der Waals surface area contributed by atoms with Gasteiger partial charge in [-0.2, -0.15) is 0 Å². The SMILES string of the molecule is CCCCCC/C=C\C=C/CCCCCCCC(=O)OC[C@H](COP(=O)(O)OC[C@@H](O)COP(=O)(O)OC[C@@H](COC(=O)CCCCCCCCCC)OC(=O)CCCCCCCCC(C)CC)OC(=O)CCCCCCCCCCCCCCCCCC. The number of phosphoric acid groups is 2. The molecule has 0 aliphatic rings. The molecule has 3 N–H and O–H groups in total. The molecule has 19 heteroatoms. The predicted molar refractivity (Wildman–Crippen MR) is 358 cm³/mol. The Morgan fingerprint density at radius 1 is 0.360 bits per heavy atom. The van der Waals surface area contributed by atoms with Gasteiger partial charge in [0.25, 0.3) is 0 Å². The molecule has 89 heavy (non-hydrogen) atoms. The van der Waals surface area contributed by atoms with E-state index in [9.17, 15) is 43.2 Å². The van der Waals surface area contributed by atoms with Gasteiger partial charge >= 0.3 is 39.5 Å². The van der Waals surface area contributed by atoms with Crippen molar-refractivity contribution in [3.05, 3.63) is 24.3 Å². The van der Waals surface area contributed by atoms with Gasteiger partial charge in [-0.15, -0.1) is 0 Å². The maximum atomic E-state index is 13.0. The zero-order valence-corrected chi connectivity index (χ0v) is 58.8. The number of rotatable bonds is 68. The summed E-state index contributed by atoms with van der Waals surface area (Å²) in [5, 5.41) is 10.6. The van der Waals surface area contributed by atoms with Crippen LogP contribution in [-0.2, 0) is 65.4 Å². The van der Waals surface area contributed by atoms with E-state index >= 15 is 0 Å². The molecule has 0 saturated heterocycles. The van der Waals surface area contributed by atoms with Crippen LogP contribution in [0.15, 0.2) is 24.3 Å². The normalized spacial score (nSPS) is 14.6. The van der Waals surface area contributed by atoms with Gasteiger partial charge in [0.05, 0.1) is 26.4 Å². The first kappa shape index (κ1) is 86.5. The minimum absolute atomic E-state index is 0.101. The van der Waals surface area contributed by atoms with Gasteiger partial charge in [0.1, 0.15) is 19.3 Å². The minimum atomic E-state index is -4.96. The highest BCUT2D eigenvalue weighted by atomic mass is 31.2. The number of esters is 4. The largest absolute Gasteiger partial charge is 0.472 e. The van der Waals surface area contributed by atoms with Crippen LogP contribution in [0.25, 0.3) is 0 Å². The molecule has 0 aliphatic carbocycles. The summed E-state index contributed by atoms with van der Waals surface area (Å²) in [7, 11) is -9.91. The average molecular weight is 1310 g/mol. The lowest BCUT2D eigenvalue weighted by Crippen LogP contribution is -2.30. The van der Waals surface area contributed by atoms with E-state index in [4.69, 9.17) is 37.0 Å². The standard InChI is InChI=1S/C70H132O17P2/c1-6-10-13-16-19-22-24-26-28-30-32-34-36-39-45-50-55-69(74)86-65(59-81-68(73)54-49-44-38-35-33-31-29-27-25-23-20-17-14-11-7-2)61-84-88(76,77)82-57-64(71)58-83-89(78,79)85-62-66(60-80-67(72)53-48-43-37-21-18-15-12-8-3)87-70(75)56-51-46-41-40-42-47-52-63(5)9-4/h23,25,27,29,63-66,71H,6-22,24,26,28,30-62H2,1-5H3,(H,76,77)(H,78,79)/b25-23-,29-27-/t63?,64-,65-,66-/m1/s1. The number of aliphatic hydroxyl groups excluding tert-OH is 1. The van der Waals surface area contributed by atoms with Crippen molar-refractivity contribution in [2.45, 2.75) is 355 Å². The van der Waals surface area contributed by atoms with Crippen molar-refractivity contribution in [3.8, 4) is 0 Å². The van der Waals surface area contributed by atoms with Crippen LogP contribution >= 0.6 is 15.6 Å². The second-order valence-electron chi connectivity index (χ2n) is 24.8. The summed E-state index contributed by atoms with van der Waals surface area (Å²) in [5.41, 5.74) is 0. The number of carbonyl (C=O) groups is 4. The van der Waals surface area contributed by atoms with E-state index in [1.165, 1.54) is 135 Å². The maximum absolute atomic E-state index is 13.0. The number of allylic oxidation sites excluding steroid dienone is 4. The Hall–Kier alpha value is -2.46. The third-order valence-electron chi connectivity index (χ3n) is 16.0. The summed E-state index contributed by atoms with van der Waals surface area (Å²) < 4.78 is 68.1. The lowest BCUT2D eigenvalue weighted by molar-refractivity contribution is -0.161. The molecule has 0 spiro atoms. The third kappa shape index (κ3) is 62.7. The smallest absolute Gasteiger partial charge is 0.462 e. The van der Waals surface area contributed by atoms with Crippen molar-refractivity contribution < 1.29 is 80.2 Å². The van der Waals surface area contributed by atoms with E-state index in [2.05, 4.69) is 58.9 Å². The van der Waals surface area contributed by atoms with Crippen LogP contribution < -0.4 is 0 Å². The molecule has 0 radical (unpaired) electrons. The van der Waals surface area contributed by atoms with E-state index in [0.717, 1.165) is 121 Å². The predicted octanol–water partition coefficient (Wildman–Crippen LogP) is 19.7. The van der Waals surface area contributed by atoms with Crippen molar-refractivity contribution >= 4 is 39.5 Å². The number of unbranched alkanes of at least 4 members (excludes halogenated alkanes) is 36. The first-order chi connectivity index (χ1) is 43.1. The molecule has 0 amide bonds. The average Bonchev–Trinajstić information content (AvgIpc) is 3.56. The van der Waals surface area contributed by atoms with Gasteiger partial charge in [-0.3, -0.25) is 37.3 Å². The summed E-state index contributed by atoms with van der Waals surface area (Å²) in [6.07, 6.45) is 52.2. The Morgan fingerprint density at radius 2 is 0.629 bits per heavy atom. The molecule has 0 aliphatic heterocycles. The van der Waals surface area contributed by atoms with Crippen LogP contribution in [-0.4, -0.2) is 96.7 Å². The molecular weight excluding hydrogens is 1170 g/mol. The van der Waals surface area contributed by atoms with E-state index in [-0.39, 0.29) is 25.7 Å². The third-order valence-corrected chi connectivity index (χ3v) is 17.9. The van der Waals surface area contributed by atoms with E-state index in [1.54, 1.807) is 0 Å². The Bertz CT molecular complexity index is 1810. The number of aliphatic hydroxyl groups is 1. The Kier molecular flexibility index (Phi) is 61.2. The lowest BCUT2D eigenvalue weighted by Gasteiger charge is -2.21. The van der Waals surface area contributed by atoms with Gasteiger partial charge in [0.2, 0.25) is 0 Å². The number of hydrogen-bond acceptors (Lipinski definition) is 15. The highest BCUT2D eigenvalue weighted by Crippen LogP contribution is 2.45. The van der Waals surface area contributed by atoms with Crippen LogP contribution in [0.1, 0.15) is 336 Å². The van der Waals surface area contributed by atoms with Gasteiger partial charge in [0.15, 0.2) is 12.2 Å². The van der Waals surface area contributed by atoms with Gasteiger partial charge in [-0.05, 0) is 57.3 Å². The molecule has 0 rings (SSSR count). The molecule has 524 valence electrons. The summed E-state index contributed by atoms with van der Waals surface area (Å²) >= 11 is 0. The summed E-state index contributed by atoms with van der Waals surface area (Å²) in [5.74, 6) is -1.44. The number of carbonyl (C=O) groups excluding carboxylic acids is 4. The highest BCUT2D eigenvalue weighted by molar-refractivity contribution is 7.47. The molecule has 0 aromatic rings. The van der Waals surface area contributed by atoms with Crippen molar-refractivity contribution in [2.75, 3.05) is 39.6 Å². The molecule has 0 aromatic heterocycles. The number of hydrogen-bond donors (Lipinski definition) is 3.